The Hall–Kier alpha value is -3.69. The van der Waals surface area contributed by atoms with Gasteiger partial charge < -0.3 is 30.7 Å². The van der Waals surface area contributed by atoms with Gasteiger partial charge in [0.25, 0.3) is 5.91 Å². The fourth-order valence-corrected chi connectivity index (χ4v) is 3.00. The van der Waals surface area contributed by atoms with Gasteiger partial charge in [0.15, 0.2) is 6.61 Å². The van der Waals surface area contributed by atoms with Crippen LogP contribution in [0, 0.1) is 0 Å². The largest absolute Gasteiger partial charge is 0.482 e. The van der Waals surface area contributed by atoms with Gasteiger partial charge in [0.05, 0.1) is 11.8 Å². The van der Waals surface area contributed by atoms with Crippen LogP contribution < -0.4 is 15.4 Å². The Balaban J connectivity index is 0.000000414. The van der Waals surface area contributed by atoms with E-state index in [1.54, 1.807) is 12.1 Å². The van der Waals surface area contributed by atoms with Crippen LogP contribution in [0.5, 0.6) is 5.75 Å². The van der Waals surface area contributed by atoms with E-state index < -0.39 is 18.0 Å². The van der Waals surface area contributed by atoms with E-state index in [-0.39, 0.29) is 12.5 Å². The third-order valence-electron chi connectivity index (χ3n) is 4.76. The smallest absolute Gasteiger partial charge is 0.328 e. The number of rotatable bonds is 9. The third kappa shape index (κ3) is 9.55. The Morgan fingerprint density at radius 2 is 1.79 bits per heavy atom. The normalized spacial score (nSPS) is 14.2. The van der Waals surface area contributed by atoms with Crippen LogP contribution in [0.4, 0.5) is 5.69 Å². The molecule has 3 rings (SSSR count). The summed E-state index contributed by atoms with van der Waals surface area (Å²) >= 11 is 0. The molecule has 1 heterocycles. The zero-order chi connectivity index (χ0) is 24.2. The molecule has 0 saturated heterocycles. The predicted octanol–water partition coefficient (Wildman–Crippen LogP) is 2.37. The van der Waals surface area contributed by atoms with Gasteiger partial charge in [-0.25, -0.2) is 9.59 Å². The summed E-state index contributed by atoms with van der Waals surface area (Å²) in [6.07, 6.45) is 2.52. The molecule has 0 saturated carbocycles. The fraction of sp³-hybridized carbons (Fsp3) is 0.292. The summed E-state index contributed by atoms with van der Waals surface area (Å²) in [6, 6.07) is 16.1. The number of carboxylic acid groups (broad SMARTS) is 2. The second-order valence-electron chi connectivity index (χ2n) is 7.45. The topological polar surface area (TPSA) is 145 Å². The van der Waals surface area contributed by atoms with Crippen molar-refractivity contribution in [2.45, 2.75) is 31.9 Å². The van der Waals surface area contributed by atoms with E-state index in [0.29, 0.717) is 36.2 Å². The molecule has 0 fully saturated rings. The molecule has 2 unspecified atom stereocenters. The number of carbonyl (C=O) groups is 3. The predicted molar refractivity (Wildman–Crippen MR) is 122 cm³/mol. The summed E-state index contributed by atoms with van der Waals surface area (Å²) in [5, 5.41) is 32.2. The SMILES string of the molecule is CC(CCc1ccccc1)NCC(O)c1ccc2c(c1)OCC(=O)N2.O=C(O)/C=C\C(=O)O. The first-order valence-corrected chi connectivity index (χ1v) is 10.4. The molecular weight excluding hydrogens is 428 g/mol. The van der Waals surface area contributed by atoms with Crippen LogP contribution in [0.1, 0.15) is 30.6 Å². The van der Waals surface area contributed by atoms with Crippen molar-refractivity contribution in [2.24, 2.45) is 0 Å². The van der Waals surface area contributed by atoms with E-state index in [9.17, 15) is 19.5 Å². The highest BCUT2D eigenvalue weighted by Gasteiger charge is 2.18. The minimum absolute atomic E-state index is 0.0152. The van der Waals surface area contributed by atoms with Gasteiger partial charge in [-0.2, -0.15) is 0 Å². The van der Waals surface area contributed by atoms with Crippen LogP contribution >= 0.6 is 0 Å². The highest BCUT2D eigenvalue weighted by molar-refractivity contribution is 5.95. The Kier molecular flexibility index (Phi) is 10.1. The van der Waals surface area contributed by atoms with Crippen molar-refractivity contribution < 1.29 is 34.4 Å². The number of hydrogen-bond acceptors (Lipinski definition) is 6. The zero-order valence-electron chi connectivity index (χ0n) is 18.2. The average molecular weight is 456 g/mol. The van der Waals surface area contributed by atoms with Gasteiger partial charge >= 0.3 is 11.9 Å². The van der Waals surface area contributed by atoms with Crippen LogP contribution in [0.3, 0.4) is 0 Å². The maximum atomic E-state index is 11.3. The average Bonchev–Trinajstić information content (AvgIpc) is 2.80. The van der Waals surface area contributed by atoms with Crippen LogP contribution in [-0.4, -0.2) is 52.4 Å². The van der Waals surface area contributed by atoms with Gasteiger partial charge in [-0.15, -0.1) is 0 Å². The van der Waals surface area contributed by atoms with Crippen molar-refractivity contribution >= 4 is 23.5 Å². The van der Waals surface area contributed by atoms with Crippen molar-refractivity contribution in [3.05, 3.63) is 71.8 Å². The van der Waals surface area contributed by atoms with E-state index in [4.69, 9.17) is 14.9 Å². The monoisotopic (exact) mass is 456 g/mol. The number of fused-ring (bicyclic) bond motifs is 1. The second kappa shape index (κ2) is 13.0. The fourth-order valence-electron chi connectivity index (χ4n) is 3.00. The molecule has 9 nitrogen and oxygen atoms in total. The van der Waals surface area contributed by atoms with Gasteiger partial charge in [-0.3, -0.25) is 4.79 Å². The number of nitrogens with one attached hydrogen (secondary N) is 2. The first kappa shape index (κ1) is 25.6. The molecule has 2 atom stereocenters. The quantitative estimate of drug-likeness (QED) is 0.362. The minimum Gasteiger partial charge on any atom is -0.482 e. The van der Waals surface area contributed by atoms with Crippen LogP contribution in [-0.2, 0) is 20.8 Å². The number of anilines is 1. The molecule has 0 bridgehead atoms. The number of ether oxygens (including phenoxy) is 1. The number of aliphatic hydroxyl groups excluding tert-OH is 1. The summed E-state index contributed by atoms with van der Waals surface area (Å²) in [5.74, 6) is -2.07. The molecule has 2 aromatic rings. The molecular formula is C24H28N2O7. The van der Waals surface area contributed by atoms with E-state index in [2.05, 4.69) is 41.8 Å². The highest BCUT2D eigenvalue weighted by atomic mass is 16.5. The minimum atomic E-state index is -1.26. The molecule has 0 spiro atoms. The van der Waals surface area contributed by atoms with Crippen molar-refractivity contribution in [1.82, 2.24) is 5.32 Å². The first-order chi connectivity index (χ1) is 15.7. The number of aryl methyl sites for hydroxylation is 1. The van der Waals surface area contributed by atoms with Crippen molar-refractivity contribution in [3.63, 3.8) is 0 Å². The summed E-state index contributed by atoms with van der Waals surface area (Å²) in [6.45, 7) is 2.61. The van der Waals surface area contributed by atoms with Gasteiger partial charge in [0.1, 0.15) is 5.75 Å². The summed E-state index contributed by atoms with van der Waals surface area (Å²) in [7, 11) is 0. The molecule has 0 radical (unpaired) electrons. The molecule has 5 N–H and O–H groups in total. The van der Waals surface area contributed by atoms with Gasteiger partial charge in [0, 0.05) is 24.7 Å². The summed E-state index contributed by atoms with van der Waals surface area (Å²) in [4.78, 5) is 30.4. The van der Waals surface area contributed by atoms with Crippen LogP contribution in [0.2, 0.25) is 0 Å². The molecule has 1 aliphatic rings. The molecule has 0 aromatic heterocycles. The molecule has 0 aliphatic carbocycles. The lowest BCUT2D eigenvalue weighted by Gasteiger charge is -2.21. The molecule has 2 aromatic carbocycles. The molecule has 176 valence electrons. The molecule has 1 aliphatic heterocycles. The Labute approximate surface area is 191 Å². The lowest BCUT2D eigenvalue weighted by Crippen LogP contribution is -2.31. The van der Waals surface area contributed by atoms with E-state index in [0.717, 1.165) is 18.4 Å². The number of aliphatic hydroxyl groups is 1. The second-order valence-corrected chi connectivity index (χ2v) is 7.45. The number of benzene rings is 2. The Morgan fingerprint density at radius 1 is 1.12 bits per heavy atom. The van der Waals surface area contributed by atoms with Gasteiger partial charge in [-0.1, -0.05) is 36.4 Å². The maximum Gasteiger partial charge on any atom is 0.328 e. The van der Waals surface area contributed by atoms with Crippen LogP contribution in [0.25, 0.3) is 0 Å². The lowest BCUT2D eigenvalue weighted by molar-refractivity contribution is -0.134. The maximum absolute atomic E-state index is 11.3. The standard InChI is InChI=1S/C20H24N2O3.C4H4O4/c1-14(7-8-15-5-3-2-4-6-15)21-12-18(23)16-9-10-17-19(11-16)25-13-20(24)22-17;5-3(6)1-2-4(7)8/h2-6,9-11,14,18,21,23H,7-8,12-13H2,1H3,(H,22,24);1-2H,(H,5,6)(H,7,8)/b;2-1-. The zero-order valence-corrected chi connectivity index (χ0v) is 18.2. The van der Waals surface area contributed by atoms with Crippen LogP contribution in [0.15, 0.2) is 60.7 Å². The Bertz CT molecular complexity index is 960. The van der Waals surface area contributed by atoms with Gasteiger partial charge in [-0.05, 0) is 43.0 Å². The highest BCUT2D eigenvalue weighted by Crippen LogP contribution is 2.30. The molecule has 1 amide bonds. The number of amides is 1. The summed E-state index contributed by atoms with van der Waals surface area (Å²) < 4.78 is 5.40. The number of aliphatic carboxylic acids is 2. The van der Waals surface area contributed by atoms with Crippen molar-refractivity contribution in [1.29, 1.82) is 0 Å². The van der Waals surface area contributed by atoms with Crippen molar-refractivity contribution in [2.75, 3.05) is 18.5 Å². The summed E-state index contributed by atoms with van der Waals surface area (Å²) in [5.41, 5.74) is 2.75. The molecule has 33 heavy (non-hydrogen) atoms. The van der Waals surface area contributed by atoms with E-state index in [1.165, 1.54) is 5.56 Å². The number of hydrogen-bond donors (Lipinski definition) is 5. The lowest BCUT2D eigenvalue weighted by atomic mass is 10.0. The van der Waals surface area contributed by atoms with Crippen molar-refractivity contribution in [3.8, 4) is 5.75 Å². The van der Waals surface area contributed by atoms with Gasteiger partial charge in [0.2, 0.25) is 0 Å². The number of carbonyl (C=O) groups excluding carboxylic acids is 1. The molecule has 9 heteroatoms. The third-order valence-corrected chi connectivity index (χ3v) is 4.76. The first-order valence-electron chi connectivity index (χ1n) is 10.4. The van der Waals surface area contributed by atoms with E-state index >= 15 is 0 Å². The Morgan fingerprint density at radius 3 is 2.42 bits per heavy atom. The van der Waals surface area contributed by atoms with E-state index in [1.807, 2.05) is 12.1 Å². The number of carboxylic acids is 2.